The molecule has 0 unspecified atom stereocenters. The minimum absolute atomic E-state index is 0.0887. The van der Waals surface area contributed by atoms with E-state index in [1.54, 1.807) is 6.07 Å². The molecular formula is C12H14FIN2O. The van der Waals surface area contributed by atoms with E-state index >= 15 is 0 Å². The van der Waals surface area contributed by atoms with Crippen molar-refractivity contribution in [3.63, 3.8) is 0 Å². The summed E-state index contributed by atoms with van der Waals surface area (Å²) in [5, 5.41) is 2.82. The van der Waals surface area contributed by atoms with Gasteiger partial charge in [0.05, 0.1) is 5.69 Å². The molecule has 0 radical (unpaired) electrons. The molecule has 92 valence electrons. The number of benzene rings is 1. The van der Waals surface area contributed by atoms with Crippen LogP contribution in [0.1, 0.15) is 19.3 Å². The number of urea groups is 1. The Kier molecular flexibility index (Phi) is 4.20. The maximum atomic E-state index is 12.9. The van der Waals surface area contributed by atoms with Gasteiger partial charge in [0.25, 0.3) is 0 Å². The molecule has 1 aliphatic heterocycles. The Morgan fingerprint density at radius 3 is 2.65 bits per heavy atom. The van der Waals surface area contributed by atoms with Crippen molar-refractivity contribution in [2.45, 2.75) is 19.3 Å². The lowest BCUT2D eigenvalue weighted by molar-refractivity contribution is 0.200. The first-order valence-corrected chi connectivity index (χ1v) is 6.75. The van der Waals surface area contributed by atoms with Gasteiger partial charge in [0.2, 0.25) is 0 Å². The average molecular weight is 348 g/mol. The van der Waals surface area contributed by atoms with Gasteiger partial charge in [-0.2, -0.15) is 0 Å². The van der Waals surface area contributed by atoms with Crippen molar-refractivity contribution in [3.05, 3.63) is 27.6 Å². The van der Waals surface area contributed by atoms with E-state index in [2.05, 4.69) is 5.32 Å². The summed E-state index contributed by atoms with van der Waals surface area (Å²) in [5.74, 6) is -0.287. The molecule has 1 aromatic carbocycles. The number of nitrogens with one attached hydrogen (secondary N) is 1. The fourth-order valence-corrected chi connectivity index (χ4v) is 2.49. The highest BCUT2D eigenvalue weighted by atomic mass is 127. The number of likely N-dealkylation sites (tertiary alicyclic amines) is 1. The number of amides is 2. The lowest BCUT2D eigenvalue weighted by Crippen LogP contribution is -2.38. The molecule has 1 fully saturated rings. The van der Waals surface area contributed by atoms with Crippen molar-refractivity contribution in [1.82, 2.24) is 4.90 Å². The van der Waals surface area contributed by atoms with Crippen LogP contribution in [0.3, 0.4) is 0 Å². The Labute approximate surface area is 114 Å². The predicted molar refractivity (Wildman–Crippen MR) is 73.6 cm³/mol. The summed E-state index contributed by atoms with van der Waals surface area (Å²) in [4.78, 5) is 13.7. The maximum Gasteiger partial charge on any atom is 0.321 e. The molecule has 0 spiro atoms. The first-order chi connectivity index (χ1) is 8.16. The SMILES string of the molecule is O=C(Nc1ccc(F)cc1I)N1CCCCC1. The fourth-order valence-electron chi connectivity index (χ4n) is 1.88. The van der Waals surface area contributed by atoms with Crippen molar-refractivity contribution in [2.24, 2.45) is 0 Å². The second-order valence-corrected chi connectivity index (χ2v) is 5.26. The van der Waals surface area contributed by atoms with Gasteiger partial charge < -0.3 is 10.2 Å². The number of nitrogens with zero attached hydrogens (tertiary/aromatic N) is 1. The van der Waals surface area contributed by atoms with Crippen molar-refractivity contribution in [2.75, 3.05) is 18.4 Å². The number of anilines is 1. The molecule has 1 N–H and O–H groups in total. The number of rotatable bonds is 1. The van der Waals surface area contributed by atoms with Gasteiger partial charge >= 0.3 is 6.03 Å². The van der Waals surface area contributed by atoms with E-state index in [-0.39, 0.29) is 11.8 Å². The first-order valence-electron chi connectivity index (χ1n) is 5.68. The number of carbonyl (C=O) groups excluding carboxylic acids is 1. The minimum atomic E-state index is -0.287. The van der Waals surface area contributed by atoms with Crippen LogP contribution in [0.4, 0.5) is 14.9 Å². The molecule has 0 saturated carbocycles. The molecule has 5 heteroatoms. The highest BCUT2D eigenvalue weighted by Gasteiger charge is 2.17. The van der Waals surface area contributed by atoms with Crippen LogP contribution in [-0.2, 0) is 0 Å². The molecule has 0 atom stereocenters. The van der Waals surface area contributed by atoms with Gasteiger partial charge in [-0.1, -0.05) is 0 Å². The summed E-state index contributed by atoms with van der Waals surface area (Å²) in [6.45, 7) is 1.62. The summed E-state index contributed by atoms with van der Waals surface area (Å²) in [6.07, 6.45) is 3.32. The minimum Gasteiger partial charge on any atom is -0.325 e. The number of carbonyl (C=O) groups is 1. The monoisotopic (exact) mass is 348 g/mol. The van der Waals surface area contributed by atoms with Crippen LogP contribution >= 0.6 is 22.6 Å². The summed E-state index contributed by atoms with van der Waals surface area (Å²) < 4.78 is 13.6. The van der Waals surface area contributed by atoms with Crippen molar-refractivity contribution in [1.29, 1.82) is 0 Å². The molecule has 2 rings (SSSR count). The van der Waals surface area contributed by atoms with E-state index in [0.29, 0.717) is 9.26 Å². The molecule has 1 aromatic rings. The fraction of sp³-hybridized carbons (Fsp3) is 0.417. The second kappa shape index (κ2) is 5.66. The van der Waals surface area contributed by atoms with Gasteiger partial charge in [-0.3, -0.25) is 0 Å². The maximum absolute atomic E-state index is 12.9. The Morgan fingerprint density at radius 2 is 2.00 bits per heavy atom. The molecule has 0 aromatic heterocycles. The van der Waals surface area contributed by atoms with Crippen LogP contribution < -0.4 is 5.32 Å². The molecule has 0 bridgehead atoms. The number of hydrogen-bond acceptors (Lipinski definition) is 1. The van der Waals surface area contributed by atoms with Crippen LogP contribution in [0.25, 0.3) is 0 Å². The van der Waals surface area contributed by atoms with Crippen molar-refractivity contribution in [3.8, 4) is 0 Å². The number of halogens is 2. The molecule has 0 aliphatic carbocycles. The normalized spacial score (nSPS) is 15.8. The standard InChI is InChI=1S/C12H14FIN2O/c13-9-4-5-11(10(14)8-9)15-12(17)16-6-2-1-3-7-16/h4-5,8H,1-3,6-7H2,(H,15,17). The highest BCUT2D eigenvalue weighted by Crippen LogP contribution is 2.20. The molecule has 1 saturated heterocycles. The van der Waals surface area contributed by atoms with Gasteiger partial charge in [0, 0.05) is 16.7 Å². The van der Waals surface area contributed by atoms with E-state index in [1.165, 1.54) is 18.6 Å². The Morgan fingerprint density at radius 1 is 1.29 bits per heavy atom. The van der Waals surface area contributed by atoms with E-state index in [0.717, 1.165) is 25.9 Å². The first kappa shape index (κ1) is 12.6. The van der Waals surface area contributed by atoms with Crippen molar-refractivity contribution >= 4 is 34.3 Å². The lowest BCUT2D eigenvalue weighted by Gasteiger charge is -2.27. The topological polar surface area (TPSA) is 32.3 Å². The quantitative estimate of drug-likeness (QED) is 0.775. The Balaban J connectivity index is 2.02. The van der Waals surface area contributed by atoms with Gasteiger partial charge in [-0.15, -0.1) is 0 Å². The van der Waals surface area contributed by atoms with Crippen LogP contribution in [-0.4, -0.2) is 24.0 Å². The van der Waals surface area contributed by atoms with Crippen LogP contribution in [0.5, 0.6) is 0 Å². The van der Waals surface area contributed by atoms with Crippen LogP contribution in [0, 0.1) is 9.39 Å². The summed E-state index contributed by atoms with van der Waals surface area (Å²) >= 11 is 2.02. The van der Waals surface area contributed by atoms with Gasteiger partial charge in [0.1, 0.15) is 5.82 Å². The zero-order chi connectivity index (χ0) is 12.3. The Hall–Kier alpha value is -0.850. The third-order valence-corrected chi connectivity index (χ3v) is 3.71. The molecule has 3 nitrogen and oxygen atoms in total. The highest BCUT2D eigenvalue weighted by molar-refractivity contribution is 14.1. The van der Waals surface area contributed by atoms with Crippen molar-refractivity contribution < 1.29 is 9.18 Å². The molecule has 17 heavy (non-hydrogen) atoms. The van der Waals surface area contributed by atoms with E-state index < -0.39 is 0 Å². The Bertz CT molecular complexity index is 419. The number of piperidine rings is 1. The zero-order valence-corrected chi connectivity index (χ0v) is 11.5. The smallest absolute Gasteiger partial charge is 0.321 e. The van der Waals surface area contributed by atoms with Crippen LogP contribution in [0.15, 0.2) is 18.2 Å². The third-order valence-electron chi connectivity index (χ3n) is 2.82. The molecule has 1 heterocycles. The molecular weight excluding hydrogens is 334 g/mol. The van der Waals surface area contributed by atoms with E-state index in [4.69, 9.17) is 0 Å². The summed E-state index contributed by atoms with van der Waals surface area (Å²) in [7, 11) is 0. The van der Waals surface area contributed by atoms with Gasteiger partial charge in [-0.05, 0) is 60.1 Å². The molecule has 1 aliphatic rings. The zero-order valence-electron chi connectivity index (χ0n) is 9.38. The van der Waals surface area contributed by atoms with Crippen LogP contribution in [0.2, 0.25) is 0 Å². The van der Waals surface area contributed by atoms with Gasteiger partial charge in [-0.25, -0.2) is 9.18 Å². The lowest BCUT2D eigenvalue weighted by atomic mass is 10.1. The summed E-state index contributed by atoms with van der Waals surface area (Å²) in [6, 6.07) is 4.27. The summed E-state index contributed by atoms with van der Waals surface area (Å²) in [5.41, 5.74) is 0.669. The largest absolute Gasteiger partial charge is 0.325 e. The number of hydrogen-bond donors (Lipinski definition) is 1. The predicted octanol–water partition coefficient (Wildman–Crippen LogP) is 3.45. The average Bonchev–Trinajstić information content (AvgIpc) is 2.34. The second-order valence-electron chi connectivity index (χ2n) is 4.10. The molecule has 2 amide bonds. The van der Waals surface area contributed by atoms with E-state index in [1.807, 2.05) is 27.5 Å². The van der Waals surface area contributed by atoms with Gasteiger partial charge in [0.15, 0.2) is 0 Å². The third kappa shape index (κ3) is 3.31. The van der Waals surface area contributed by atoms with E-state index in [9.17, 15) is 9.18 Å².